The summed E-state index contributed by atoms with van der Waals surface area (Å²) in [5, 5.41) is 0. The number of benzene rings is 1. The highest BCUT2D eigenvalue weighted by Crippen LogP contribution is 2.10. The minimum Gasteiger partial charge on any atom is -0.294 e. The standard InChI is InChI=1S/C13H16O/c1-10(2)7-8-13(14)12-6-4-5-11(3)9-12/h4-6,9H,1,7-8H2,2-3H3. The Morgan fingerprint density at radius 3 is 2.64 bits per heavy atom. The highest BCUT2D eigenvalue weighted by Gasteiger charge is 2.04. The summed E-state index contributed by atoms with van der Waals surface area (Å²) in [5.41, 5.74) is 3.00. The van der Waals surface area contributed by atoms with Crippen LogP contribution in [0.5, 0.6) is 0 Å². The van der Waals surface area contributed by atoms with E-state index in [1.54, 1.807) is 0 Å². The van der Waals surface area contributed by atoms with Gasteiger partial charge < -0.3 is 0 Å². The lowest BCUT2D eigenvalue weighted by molar-refractivity contribution is 0.0982. The van der Waals surface area contributed by atoms with Gasteiger partial charge in [-0.1, -0.05) is 29.3 Å². The third kappa shape index (κ3) is 3.17. The van der Waals surface area contributed by atoms with Crippen LogP contribution < -0.4 is 0 Å². The van der Waals surface area contributed by atoms with Crippen molar-refractivity contribution in [3.8, 4) is 0 Å². The SMILES string of the molecule is C=C(C)CCC(=O)c1cccc(C)c1. The van der Waals surface area contributed by atoms with Gasteiger partial charge >= 0.3 is 0 Å². The Morgan fingerprint density at radius 2 is 2.07 bits per heavy atom. The van der Waals surface area contributed by atoms with E-state index in [4.69, 9.17) is 0 Å². The van der Waals surface area contributed by atoms with E-state index in [9.17, 15) is 4.79 Å². The van der Waals surface area contributed by atoms with Gasteiger partial charge in [0.15, 0.2) is 5.78 Å². The van der Waals surface area contributed by atoms with Crippen molar-refractivity contribution in [3.63, 3.8) is 0 Å². The van der Waals surface area contributed by atoms with Gasteiger partial charge in [-0.2, -0.15) is 0 Å². The number of hydrogen-bond acceptors (Lipinski definition) is 1. The molecule has 0 bridgehead atoms. The molecule has 0 saturated heterocycles. The molecule has 0 aliphatic heterocycles. The molecular weight excluding hydrogens is 172 g/mol. The van der Waals surface area contributed by atoms with Crippen LogP contribution in [0.3, 0.4) is 0 Å². The van der Waals surface area contributed by atoms with Crippen LogP contribution in [-0.2, 0) is 0 Å². The summed E-state index contributed by atoms with van der Waals surface area (Å²) in [6.07, 6.45) is 1.35. The number of aryl methyl sites for hydroxylation is 1. The van der Waals surface area contributed by atoms with Crippen LogP contribution in [0.15, 0.2) is 36.4 Å². The normalized spacial score (nSPS) is 9.86. The third-order valence-electron chi connectivity index (χ3n) is 2.12. The average Bonchev–Trinajstić information content (AvgIpc) is 2.14. The van der Waals surface area contributed by atoms with Crippen molar-refractivity contribution < 1.29 is 4.79 Å². The number of allylic oxidation sites excluding steroid dienone is 1. The zero-order chi connectivity index (χ0) is 10.6. The first kappa shape index (κ1) is 10.7. The smallest absolute Gasteiger partial charge is 0.163 e. The van der Waals surface area contributed by atoms with E-state index in [0.717, 1.165) is 23.1 Å². The van der Waals surface area contributed by atoms with E-state index in [2.05, 4.69) is 6.58 Å². The zero-order valence-corrected chi connectivity index (χ0v) is 8.84. The molecule has 0 aliphatic rings. The van der Waals surface area contributed by atoms with Crippen molar-refractivity contribution in [2.75, 3.05) is 0 Å². The molecule has 1 aromatic carbocycles. The van der Waals surface area contributed by atoms with Crippen LogP contribution in [0.25, 0.3) is 0 Å². The summed E-state index contributed by atoms with van der Waals surface area (Å²) in [4.78, 5) is 11.7. The van der Waals surface area contributed by atoms with Crippen LogP contribution in [0.1, 0.15) is 35.7 Å². The Hall–Kier alpha value is -1.37. The Kier molecular flexibility index (Phi) is 3.63. The molecule has 0 fully saturated rings. The predicted octanol–water partition coefficient (Wildman–Crippen LogP) is 3.53. The van der Waals surface area contributed by atoms with Crippen molar-refractivity contribution in [3.05, 3.63) is 47.5 Å². The lowest BCUT2D eigenvalue weighted by Gasteiger charge is -2.01. The second-order valence-corrected chi connectivity index (χ2v) is 3.75. The summed E-state index contributed by atoms with van der Waals surface area (Å²) in [5.74, 6) is 0.205. The van der Waals surface area contributed by atoms with Gasteiger partial charge in [0.25, 0.3) is 0 Å². The minimum absolute atomic E-state index is 0.205. The topological polar surface area (TPSA) is 17.1 Å². The Balaban J connectivity index is 2.65. The summed E-state index contributed by atoms with van der Waals surface area (Å²) in [7, 11) is 0. The van der Waals surface area contributed by atoms with Crippen LogP contribution >= 0.6 is 0 Å². The number of ketones is 1. The first-order chi connectivity index (χ1) is 6.59. The van der Waals surface area contributed by atoms with E-state index < -0.39 is 0 Å². The highest BCUT2D eigenvalue weighted by molar-refractivity contribution is 5.96. The summed E-state index contributed by atoms with van der Waals surface area (Å²) in [6, 6.07) is 7.72. The molecule has 0 aromatic heterocycles. The van der Waals surface area contributed by atoms with Crippen molar-refractivity contribution in [2.24, 2.45) is 0 Å². The quantitative estimate of drug-likeness (QED) is 0.521. The maximum absolute atomic E-state index is 11.7. The molecule has 0 amide bonds. The first-order valence-electron chi connectivity index (χ1n) is 4.84. The van der Waals surface area contributed by atoms with Crippen LogP contribution in [0.4, 0.5) is 0 Å². The van der Waals surface area contributed by atoms with E-state index >= 15 is 0 Å². The third-order valence-corrected chi connectivity index (χ3v) is 2.12. The molecule has 1 nitrogen and oxygen atoms in total. The Morgan fingerprint density at radius 1 is 1.36 bits per heavy atom. The molecule has 1 aromatic rings. The van der Waals surface area contributed by atoms with E-state index in [0.29, 0.717) is 6.42 Å². The predicted molar refractivity (Wildman–Crippen MR) is 59.6 cm³/mol. The second-order valence-electron chi connectivity index (χ2n) is 3.75. The van der Waals surface area contributed by atoms with Crippen molar-refractivity contribution in [1.29, 1.82) is 0 Å². The fourth-order valence-corrected chi connectivity index (χ4v) is 1.29. The first-order valence-corrected chi connectivity index (χ1v) is 4.84. The summed E-state index contributed by atoms with van der Waals surface area (Å²) in [6.45, 7) is 7.73. The fourth-order valence-electron chi connectivity index (χ4n) is 1.29. The van der Waals surface area contributed by atoms with Gasteiger partial charge in [-0.3, -0.25) is 4.79 Å². The van der Waals surface area contributed by atoms with Crippen molar-refractivity contribution in [2.45, 2.75) is 26.7 Å². The maximum Gasteiger partial charge on any atom is 0.163 e. The average molecular weight is 188 g/mol. The van der Waals surface area contributed by atoms with E-state index in [1.807, 2.05) is 38.1 Å². The molecule has 0 spiro atoms. The monoisotopic (exact) mass is 188 g/mol. The summed E-state index contributed by atoms with van der Waals surface area (Å²) >= 11 is 0. The molecular formula is C13H16O. The molecule has 0 heterocycles. The molecule has 0 saturated carbocycles. The number of carbonyl (C=O) groups excluding carboxylic acids is 1. The summed E-state index contributed by atoms with van der Waals surface area (Å²) < 4.78 is 0. The van der Waals surface area contributed by atoms with Crippen LogP contribution in [-0.4, -0.2) is 5.78 Å². The number of hydrogen-bond donors (Lipinski definition) is 0. The van der Waals surface area contributed by atoms with Gasteiger partial charge in [-0.25, -0.2) is 0 Å². The molecule has 0 atom stereocenters. The number of rotatable bonds is 4. The minimum atomic E-state index is 0.205. The second kappa shape index (κ2) is 4.75. The van der Waals surface area contributed by atoms with E-state index in [1.165, 1.54) is 0 Å². The lowest BCUT2D eigenvalue weighted by atomic mass is 10.0. The maximum atomic E-state index is 11.7. The molecule has 0 aliphatic carbocycles. The molecule has 1 rings (SSSR count). The van der Waals surface area contributed by atoms with Crippen LogP contribution in [0, 0.1) is 6.92 Å². The van der Waals surface area contributed by atoms with Gasteiger partial charge in [0.05, 0.1) is 0 Å². The molecule has 0 unspecified atom stereocenters. The van der Waals surface area contributed by atoms with Gasteiger partial charge in [0, 0.05) is 12.0 Å². The zero-order valence-electron chi connectivity index (χ0n) is 8.84. The van der Waals surface area contributed by atoms with Gasteiger partial charge in [-0.15, -0.1) is 6.58 Å². The number of carbonyl (C=O) groups is 1. The van der Waals surface area contributed by atoms with Gasteiger partial charge in [0.1, 0.15) is 0 Å². The molecule has 14 heavy (non-hydrogen) atoms. The van der Waals surface area contributed by atoms with E-state index in [-0.39, 0.29) is 5.78 Å². The molecule has 1 heteroatoms. The number of Topliss-reactive ketones (excluding diaryl/α,β-unsaturated/α-hetero) is 1. The molecule has 0 radical (unpaired) electrons. The Labute approximate surface area is 85.5 Å². The lowest BCUT2D eigenvalue weighted by Crippen LogP contribution is -1.99. The van der Waals surface area contributed by atoms with Gasteiger partial charge in [-0.05, 0) is 26.3 Å². The molecule has 74 valence electrons. The largest absolute Gasteiger partial charge is 0.294 e. The Bertz CT molecular complexity index is 350. The van der Waals surface area contributed by atoms with Crippen LogP contribution in [0.2, 0.25) is 0 Å². The fraction of sp³-hybridized carbons (Fsp3) is 0.308. The van der Waals surface area contributed by atoms with Gasteiger partial charge in [0.2, 0.25) is 0 Å². The highest BCUT2D eigenvalue weighted by atomic mass is 16.1. The molecule has 0 N–H and O–H groups in total. The van der Waals surface area contributed by atoms with Crippen molar-refractivity contribution in [1.82, 2.24) is 0 Å². The van der Waals surface area contributed by atoms with Crippen molar-refractivity contribution >= 4 is 5.78 Å².